The van der Waals surface area contributed by atoms with Crippen LogP contribution in [0.4, 0.5) is 0 Å². The minimum Gasteiger partial charge on any atom is -0.394 e. The second kappa shape index (κ2) is 11.4. The van der Waals surface area contributed by atoms with Crippen molar-refractivity contribution in [3.63, 3.8) is 0 Å². The van der Waals surface area contributed by atoms with E-state index in [1.807, 2.05) is 6.92 Å². The fraction of sp³-hybridized carbons (Fsp3) is 0.923. The monoisotopic (exact) mass is 260 g/mol. The van der Waals surface area contributed by atoms with Crippen molar-refractivity contribution in [2.45, 2.75) is 52.1 Å². The zero-order valence-electron chi connectivity index (χ0n) is 11.9. The number of aliphatic hydroxyl groups excluding tert-OH is 1. The van der Waals surface area contributed by atoms with Gasteiger partial charge in [-0.2, -0.15) is 0 Å². The molecule has 0 aliphatic heterocycles. The van der Waals surface area contributed by atoms with Crippen LogP contribution >= 0.6 is 0 Å². The zero-order valence-corrected chi connectivity index (χ0v) is 11.9. The van der Waals surface area contributed by atoms with Gasteiger partial charge in [-0.15, -0.1) is 0 Å². The second-order valence-corrected chi connectivity index (χ2v) is 4.39. The summed E-state index contributed by atoms with van der Waals surface area (Å²) in [5.74, 6) is 0.0555. The van der Waals surface area contributed by atoms with E-state index in [0.29, 0.717) is 13.2 Å². The fourth-order valence-electron chi connectivity index (χ4n) is 1.57. The zero-order chi connectivity index (χ0) is 13.8. The van der Waals surface area contributed by atoms with Crippen molar-refractivity contribution in [2.75, 3.05) is 26.4 Å². The molecule has 0 saturated heterocycles. The van der Waals surface area contributed by atoms with Crippen molar-refractivity contribution in [1.29, 1.82) is 0 Å². The van der Waals surface area contributed by atoms with Gasteiger partial charge in [-0.3, -0.25) is 4.79 Å². The average molecular weight is 260 g/mol. The van der Waals surface area contributed by atoms with E-state index in [9.17, 15) is 4.79 Å². The van der Waals surface area contributed by atoms with E-state index in [1.165, 1.54) is 0 Å². The molecule has 5 nitrogen and oxygen atoms in total. The smallest absolute Gasteiger partial charge is 0.237 e. The molecule has 0 heterocycles. The Balaban J connectivity index is 3.61. The van der Waals surface area contributed by atoms with E-state index in [2.05, 4.69) is 24.5 Å². The van der Waals surface area contributed by atoms with Gasteiger partial charge in [0.05, 0.1) is 19.3 Å². The molecule has 108 valence electrons. The number of amides is 1. The molecule has 0 aliphatic carbocycles. The number of hydrogen-bond acceptors (Lipinski definition) is 4. The first-order valence-electron chi connectivity index (χ1n) is 6.88. The summed E-state index contributed by atoms with van der Waals surface area (Å²) in [6.07, 6.45) is 2.76. The summed E-state index contributed by atoms with van der Waals surface area (Å²) in [6, 6.07) is 0.0954. The Kier molecular flexibility index (Phi) is 11.0. The molecule has 0 fully saturated rings. The number of nitrogens with one attached hydrogen (secondary N) is 2. The molecule has 5 heteroatoms. The molecule has 0 radical (unpaired) electrons. The number of carbonyl (C=O) groups excluding carboxylic acids is 1. The third-order valence-electron chi connectivity index (χ3n) is 2.88. The molecule has 0 aromatic rings. The molecule has 1 atom stereocenters. The SMILES string of the molecule is CCC(CC)NC(=O)C(C)NCCCOCCO. The van der Waals surface area contributed by atoms with Gasteiger partial charge in [0.2, 0.25) is 5.91 Å². The quantitative estimate of drug-likeness (QED) is 0.478. The lowest BCUT2D eigenvalue weighted by Crippen LogP contribution is -2.46. The summed E-state index contributed by atoms with van der Waals surface area (Å²) in [5, 5.41) is 14.7. The van der Waals surface area contributed by atoms with Crippen LogP contribution in [0.1, 0.15) is 40.0 Å². The molecule has 0 aliphatic rings. The second-order valence-electron chi connectivity index (χ2n) is 4.39. The lowest BCUT2D eigenvalue weighted by atomic mass is 10.1. The summed E-state index contributed by atoms with van der Waals surface area (Å²) in [6.45, 7) is 7.80. The summed E-state index contributed by atoms with van der Waals surface area (Å²) < 4.78 is 5.13. The molecular weight excluding hydrogens is 232 g/mol. The van der Waals surface area contributed by atoms with Crippen LogP contribution in [0, 0.1) is 0 Å². The fourth-order valence-corrected chi connectivity index (χ4v) is 1.57. The summed E-state index contributed by atoms with van der Waals surface area (Å²) in [7, 11) is 0. The number of ether oxygens (including phenoxy) is 1. The predicted molar refractivity (Wildman–Crippen MR) is 72.5 cm³/mol. The van der Waals surface area contributed by atoms with Crippen LogP contribution in [-0.2, 0) is 9.53 Å². The minimum absolute atomic E-state index is 0.0555. The lowest BCUT2D eigenvalue weighted by Gasteiger charge is -2.19. The molecule has 0 bridgehead atoms. The van der Waals surface area contributed by atoms with Crippen molar-refractivity contribution in [1.82, 2.24) is 10.6 Å². The van der Waals surface area contributed by atoms with E-state index in [4.69, 9.17) is 9.84 Å². The van der Waals surface area contributed by atoms with Crippen LogP contribution in [-0.4, -0.2) is 49.5 Å². The van der Waals surface area contributed by atoms with E-state index in [0.717, 1.165) is 25.8 Å². The predicted octanol–water partition coefficient (Wildman–Crippen LogP) is 0.668. The Morgan fingerprint density at radius 2 is 1.94 bits per heavy atom. The van der Waals surface area contributed by atoms with E-state index in [-0.39, 0.29) is 24.6 Å². The maximum atomic E-state index is 11.8. The molecule has 0 aromatic carbocycles. The first-order valence-corrected chi connectivity index (χ1v) is 6.88. The average Bonchev–Trinajstić information content (AvgIpc) is 2.39. The molecule has 0 saturated carbocycles. The van der Waals surface area contributed by atoms with Crippen molar-refractivity contribution >= 4 is 5.91 Å². The van der Waals surface area contributed by atoms with Crippen LogP contribution in [0.5, 0.6) is 0 Å². The topological polar surface area (TPSA) is 70.6 Å². The first-order chi connectivity index (χ1) is 8.65. The van der Waals surface area contributed by atoms with Crippen LogP contribution in [0.15, 0.2) is 0 Å². The Labute approximate surface area is 110 Å². The summed E-state index contributed by atoms with van der Waals surface area (Å²) in [5.41, 5.74) is 0. The molecule has 18 heavy (non-hydrogen) atoms. The minimum atomic E-state index is -0.177. The molecular formula is C13H28N2O3. The maximum Gasteiger partial charge on any atom is 0.237 e. The van der Waals surface area contributed by atoms with Crippen molar-refractivity contribution in [3.05, 3.63) is 0 Å². The van der Waals surface area contributed by atoms with E-state index in [1.54, 1.807) is 0 Å². The number of hydrogen-bond donors (Lipinski definition) is 3. The summed E-state index contributed by atoms with van der Waals surface area (Å²) >= 11 is 0. The Bertz CT molecular complexity index is 208. The van der Waals surface area contributed by atoms with Crippen LogP contribution in [0.3, 0.4) is 0 Å². The Morgan fingerprint density at radius 3 is 2.50 bits per heavy atom. The van der Waals surface area contributed by atoms with Gasteiger partial charge in [-0.25, -0.2) is 0 Å². The van der Waals surface area contributed by atoms with E-state index < -0.39 is 0 Å². The normalized spacial score (nSPS) is 12.7. The van der Waals surface area contributed by atoms with Gasteiger partial charge in [0.15, 0.2) is 0 Å². The Morgan fingerprint density at radius 1 is 1.28 bits per heavy atom. The molecule has 1 unspecified atom stereocenters. The largest absolute Gasteiger partial charge is 0.394 e. The number of carbonyl (C=O) groups is 1. The van der Waals surface area contributed by atoms with Crippen molar-refractivity contribution < 1.29 is 14.6 Å². The number of aliphatic hydroxyl groups is 1. The van der Waals surface area contributed by atoms with Crippen LogP contribution in [0.25, 0.3) is 0 Å². The maximum absolute atomic E-state index is 11.8. The van der Waals surface area contributed by atoms with Gasteiger partial charge in [-0.1, -0.05) is 13.8 Å². The highest BCUT2D eigenvalue weighted by atomic mass is 16.5. The van der Waals surface area contributed by atoms with Gasteiger partial charge in [0, 0.05) is 12.6 Å². The molecule has 1 amide bonds. The van der Waals surface area contributed by atoms with Gasteiger partial charge in [0.25, 0.3) is 0 Å². The molecule has 3 N–H and O–H groups in total. The molecule has 0 aromatic heterocycles. The molecule has 0 rings (SSSR count). The van der Waals surface area contributed by atoms with Crippen LogP contribution in [0.2, 0.25) is 0 Å². The van der Waals surface area contributed by atoms with Gasteiger partial charge in [0.1, 0.15) is 0 Å². The molecule has 0 spiro atoms. The highest BCUT2D eigenvalue weighted by Gasteiger charge is 2.14. The number of rotatable bonds is 11. The highest BCUT2D eigenvalue weighted by molar-refractivity contribution is 5.81. The van der Waals surface area contributed by atoms with Crippen molar-refractivity contribution in [2.24, 2.45) is 0 Å². The van der Waals surface area contributed by atoms with Gasteiger partial charge < -0.3 is 20.5 Å². The third kappa shape index (κ3) is 8.44. The lowest BCUT2D eigenvalue weighted by molar-refractivity contribution is -0.123. The van der Waals surface area contributed by atoms with Crippen LogP contribution < -0.4 is 10.6 Å². The van der Waals surface area contributed by atoms with Gasteiger partial charge in [-0.05, 0) is 32.7 Å². The first kappa shape index (κ1) is 17.4. The van der Waals surface area contributed by atoms with E-state index >= 15 is 0 Å². The van der Waals surface area contributed by atoms with Gasteiger partial charge >= 0.3 is 0 Å². The highest BCUT2D eigenvalue weighted by Crippen LogP contribution is 1.97. The third-order valence-corrected chi connectivity index (χ3v) is 2.88. The standard InChI is InChI=1S/C13H28N2O3/c1-4-12(5-2)15-13(17)11(3)14-7-6-9-18-10-8-16/h11-12,14,16H,4-10H2,1-3H3,(H,15,17). The Hall–Kier alpha value is -0.650. The summed E-state index contributed by atoms with van der Waals surface area (Å²) in [4.78, 5) is 11.8. The van der Waals surface area contributed by atoms with Crippen molar-refractivity contribution in [3.8, 4) is 0 Å².